The van der Waals surface area contributed by atoms with Crippen LogP contribution < -0.4 is 5.32 Å². The topological polar surface area (TPSA) is 47.6 Å². The van der Waals surface area contributed by atoms with Crippen molar-refractivity contribution in [1.82, 2.24) is 5.32 Å². The molecule has 0 spiro atoms. The Hall–Kier alpha value is -0.610. The van der Waals surface area contributed by atoms with E-state index in [9.17, 15) is 4.79 Å². The van der Waals surface area contributed by atoms with Gasteiger partial charge in [0.25, 0.3) is 0 Å². The van der Waals surface area contributed by atoms with Crippen molar-refractivity contribution >= 4 is 5.97 Å². The standard InChI is InChI=1S/C13H25NO3/c1-4-17-12(15)11(2)9-14-10-13(5-6-13)7-8-16-3/h11,14H,4-10H2,1-3H3. The van der Waals surface area contributed by atoms with Gasteiger partial charge >= 0.3 is 5.97 Å². The van der Waals surface area contributed by atoms with E-state index in [2.05, 4.69) is 5.32 Å². The van der Waals surface area contributed by atoms with Crippen LogP contribution in [0.1, 0.15) is 33.1 Å². The van der Waals surface area contributed by atoms with Crippen LogP contribution in [0.5, 0.6) is 0 Å². The Morgan fingerprint density at radius 1 is 1.47 bits per heavy atom. The van der Waals surface area contributed by atoms with Gasteiger partial charge < -0.3 is 14.8 Å². The van der Waals surface area contributed by atoms with Crippen molar-refractivity contribution in [3.63, 3.8) is 0 Å². The van der Waals surface area contributed by atoms with Crippen molar-refractivity contribution in [3.8, 4) is 0 Å². The maximum absolute atomic E-state index is 11.4. The zero-order valence-corrected chi connectivity index (χ0v) is 11.3. The largest absolute Gasteiger partial charge is 0.466 e. The van der Waals surface area contributed by atoms with Crippen LogP contribution in [0.3, 0.4) is 0 Å². The van der Waals surface area contributed by atoms with E-state index in [4.69, 9.17) is 9.47 Å². The van der Waals surface area contributed by atoms with Gasteiger partial charge in [0, 0.05) is 26.8 Å². The van der Waals surface area contributed by atoms with Gasteiger partial charge in [-0.25, -0.2) is 0 Å². The highest BCUT2D eigenvalue weighted by Gasteiger charge is 2.41. The van der Waals surface area contributed by atoms with Gasteiger partial charge in [-0.05, 0) is 31.6 Å². The molecule has 0 amide bonds. The lowest BCUT2D eigenvalue weighted by Gasteiger charge is -2.17. The van der Waals surface area contributed by atoms with E-state index in [-0.39, 0.29) is 11.9 Å². The molecule has 4 heteroatoms. The second kappa shape index (κ2) is 6.97. The summed E-state index contributed by atoms with van der Waals surface area (Å²) >= 11 is 0. The molecule has 1 aliphatic rings. The predicted molar refractivity (Wildman–Crippen MR) is 66.8 cm³/mol. The molecule has 0 aromatic rings. The fraction of sp³-hybridized carbons (Fsp3) is 0.923. The summed E-state index contributed by atoms with van der Waals surface area (Å²) in [5, 5.41) is 3.38. The summed E-state index contributed by atoms with van der Waals surface area (Å²) in [5.41, 5.74) is 0.435. The predicted octanol–water partition coefficient (Wildman–Crippen LogP) is 1.59. The van der Waals surface area contributed by atoms with Gasteiger partial charge in [-0.3, -0.25) is 4.79 Å². The molecule has 100 valence electrons. The molecule has 1 aliphatic carbocycles. The third kappa shape index (κ3) is 5.04. The first-order chi connectivity index (χ1) is 8.13. The van der Waals surface area contributed by atoms with E-state index >= 15 is 0 Å². The Kier molecular flexibility index (Phi) is 5.92. The molecule has 1 fully saturated rings. The Bertz CT molecular complexity index is 239. The van der Waals surface area contributed by atoms with Crippen LogP contribution >= 0.6 is 0 Å². The second-order valence-electron chi connectivity index (χ2n) is 5.03. The summed E-state index contributed by atoms with van der Waals surface area (Å²) in [6.07, 6.45) is 3.67. The van der Waals surface area contributed by atoms with Crippen molar-refractivity contribution < 1.29 is 14.3 Å². The number of ether oxygens (including phenoxy) is 2. The van der Waals surface area contributed by atoms with Gasteiger partial charge in [0.15, 0.2) is 0 Å². The average molecular weight is 243 g/mol. The zero-order chi connectivity index (χ0) is 12.7. The Balaban J connectivity index is 2.12. The molecule has 0 radical (unpaired) electrons. The average Bonchev–Trinajstić information content (AvgIpc) is 3.07. The third-order valence-electron chi connectivity index (χ3n) is 3.43. The normalized spacial score (nSPS) is 18.8. The highest BCUT2D eigenvalue weighted by molar-refractivity contribution is 5.72. The highest BCUT2D eigenvalue weighted by Crippen LogP contribution is 2.48. The van der Waals surface area contributed by atoms with Crippen molar-refractivity contribution in [3.05, 3.63) is 0 Å². The van der Waals surface area contributed by atoms with Gasteiger partial charge in [-0.15, -0.1) is 0 Å². The van der Waals surface area contributed by atoms with Crippen LogP contribution in [-0.2, 0) is 14.3 Å². The van der Waals surface area contributed by atoms with Crippen LogP contribution in [0.2, 0.25) is 0 Å². The lowest BCUT2D eigenvalue weighted by atomic mass is 10.0. The summed E-state index contributed by atoms with van der Waals surface area (Å²) in [5.74, 6) is -0.171. The van der Waals surface area contributed by atoms with Gasteiger partial charge in [0.2, 0.25) is 0 Å². The summed E-state index contributed by atoms with van der Waals surface area (Å²) in [6.45, 7) is 6.71. The van der Waals surface area contributed by atoms with Crippen molar-refractivity contribution in [2.45, 2.75) is 33.1 Å². The van der Waals surface area contributed by atoms with Crippen LogP contribution in [0.4, 0.5) is 0 Å². The minimum absolute atomic E-state index is 0.0619. The van der Waals surface area contributed by atoms with Crippen LogP contribution in [-0.4, -0.2) is 39.4 Å². The molecule has 0 aromatic carbocycles. The quantitative estimate of drug-likeness (QED) is 0.625. The molecule has 1 atom stereocenters. The van der Waals surface area contributed by atoms with Crippen molar-refractivity contribution in [2.75, 3.05) is 33.4 Å². The van der Waals surface area contributed by atoms with Crippen LogP contribution in [0.25, 0.3) is 0 Å². The molecule has 0 aromatic heterocycles. The monoisotopic (exact) mass is 243 g/mol. The minimum Gasteiger partial charge on any atom is -0.466 e. The van der Waals surface area contributed by atoms with Gasteiger partial charge in [-0.2, -0.15) is 0 Å². The Morgan fingerprint density at radius 3 is 2.71 bits per heavy atom. The summed E-state index contributed by atoms with van der Waals surface area (Å²) in [6, 6.07) is 0. The lowest BCUT2D eigenvalue weighted by molar-refractivity contribution is -0.147. The van der Waals surface area contributed by atoms with Crippen LogP contribution in [0.15, 0.2) is 0 Å². The molecular weight excluding hydrogens is 218 g/mol. The number of carbonyl (C=O) groups excluding carboxylic acids is 1. The molecule has 0 bridgehead atoms. The van der Waals surface area contributed by atoms with E-state index in [1.807, 2.05) is 13.8 Å². The first-order valence-electron chi connectivity index (χ1n) is 6.50. The highest BCUT2D eigenvalue weighted by atomic mass is 16.5. The van der Waals surface area contributed by atoms with E-state index in [1.165, 1.54) is 12.8 Å². The van der Waals surface area contributed by atoms with Gasteiger partial charge in [-0.1, -0.05) is 6.92 Å². The summed E-state index contributed by atoms with van der Waals surface area (Å²) in [4.78, 5) is 11.4. The molecule has 0 heterocycles. The summed E-state index contributed by atoms with van der Waals surface area (Å²) < 4.78 is 10.1. The lowest BCUT2D eigenvalue weighted by Crippen LogP contribution is -2.32. The molecule has 1 saturated carbocycles. The van der Waals surface area contributed by atoms with Crippen molar-refractivity contribution in [2.24, 2.45) is 11.3 Å². The number of hydrogen-bond donors (Lipinski definition) is 1. The van der Waals surface area contributed by atoms with Crippen LogP contribution in [0, 0.1) is 11.3 Å². The maximum Gasteiger partial charge on any atom is 0.309 e. The molecule has 1 rings (SSSR count). The molecule has 17 heavy (non-hydrogen) atoms. The van der Waals surface area contributed by atoms with Crippen molar-refractivity contribution in [1.29, 1.82) is 0 Å². The Morgan fingerprint density at radius 2 is 2.18 bits per heavy atom. The number of hydrogen-bond acceptors (Lipinski definition) is 4. The van der Waals surface area contributed by atoms with E-state index in [0.717, 1.165) is 19.6 Å². The van der Waals surface area contributed by atoms with E-state index < -0.39 is 0 Å². The van der Waals surface area contributed by atoms with E-state index in [0.29, 0.717) is 18.6 Å². The second-order valence-corrected chi connectivity index (χ2v) is 5.03. The summed E-state index contributed by atoms with van der Waals surface area (Å²) in [7, 11) is 1.74. The molecule has 1 unspecified atom stereocenters. The molecular formula is C13H25NO3. The smallest absolute Gasteiger partial charge is 0.309 e. The third-order valence-corrected chi connectivity index (χ3v) is 3.43. The zero-order valence-electron chi connectivity index (χ0n) is 11.3. The van der Waals surface area contributed by atoms with Gasteiger partial charge in [0.1, 0.15) is 0 Å². The molecule has 4 nitrogen and oxygen atoms in total. The SMILES string of the molecule is CCOC(=O)C(C)CNCC1(CCOC)CC1. The van der Waals surface area contributed by atoms with Gasteiger partial charge in [0.05, 0.1) is 12.5 Å². The van der Waals surface area contributed by atoms with E-state index in [1.54, 1.807) is 7.11 Å². The first-order valence-corrected chi connectivity index (χ1v) is 6.50. The molecule has 1 N–H and O–H groups in total. The molecule has 0 saturated heterocycles. The minimum atomic E-state index is -0.110. The number of esters is 1. The number of methoxy groups -OCH3 is 1. The maximum atomic E-state index is 11.4. The Labute approximate surface area is 104 Å². The number of nitrogens with one attached hydrogen (secondary N) is 1. The first kappa shape index (κ1) is 14.5. The number of carbonyl (C=O) groups is 1. The number of rotatable bonds is 9. The fourth-order valence-corrected chi connectivity index (χ4v) is 1.93. The molecule has 0 aliphatic heterocycles. The fourth-order valence-electron chi connectivity index (χ4n) is 1.93.